The SMILES string of the molecule is COc1cc(Oc2cc(OCCCCCOc3cc4c(cc3C)C(=O)N3CCC[C@H]3C=N4)ccc2[N+](=O)[O-])cc(C)c1C. The third-order valence-corrected chi connectivity index (χ3v) is 7.95. The standard InChI is InChI=1S/C33H37N3O7/c1-21-15-26(18-31(40-4)23(21)3)43-32-17-25(10-11-29(32)36(38)39)41-13-6-5-7-14-42-30-19-28-27(16-22(30)2)33(37)35-12-8-9-24(35)20-34-28/h10-11,15-20,24H,5-9,12-14H2,1-4H3/t24-/m0/s1. The average Bonchev–Trinajstić information content (AvgIpc) is 3.42. The van der Waals surface area contributed by atoms with Crippen molar-refractivity contribution in [3.63, 3.8) is 0 Å². The summed E-state index contributed by atoms with van der Waals surface area (Å²) in [6, 6.07) is 11.9. The summed E-state index contributed by atoms with van der Waals surface area (Å²) in [5.41, 5.74) is 4.00. The molecule has 1 fully saturated rings. The lowest BCUT2D eigenvalue weighted by atomic mass is 10.1. The number of nitro groups is 1. The number of aliphatic imine (C=N–C) groups is 1. The molecule has 43 heavy (non-hydrogen) atoms. The topological polar surface area (TPSA) is 113 Å². The molecule has 3 aromatic carbocycles. The average molecular weight is 588 g/mol. The minimum absolute atomic E-state index is 0.0434. The van der Waals surface area contributed by atoms with E-state index in [-0.39, 0.29) is 23.4 Å². The Bertz CT molecular complexity index is 1550. The fourth-order valence-electron chi connectivity index (χ4n) is 5.39. The lowest BCUT2D eigenvalue weighted by Crippen LogP contribution is -2.35. The summed E-state index contributed by atoms with van der Waals surface area (Å²) in [4.78, 5) is 30.6. The smallest absolute Gasteiger partial charge is 0.311 e. The number of hydrogen-bond donors (Lipinski definition) is 0. The van der Waals surface area contributed by atoms with E-state index in [2.05, 4.69) is 4.99 Å². The third kappa shape index (κ3) is 6.74. The molecule has 0 aromatic heterocycles. The first kappa shape index (κ1) is 29.9. The molecule has 5 rings (SSSR count). The molecule has 2 aliphatic heterocycles. The summed E-state index contributed by atoms with van der Waals surface area (Å²) in [6.45, 7) is 7.57. The number of hydrogen-bond acceptors (Lipinski definition) is 8. The Morgan fingerprint density at radius 3 is 2.47 bits per heavy atom. The van der Waals surface area contributed by atoms with Gasteiger partial charge in [-0.1, -0.05) is 0 Å². The summed E-state index contributed by atoms with van der Waals surface area (Å²) >= 11 is 0. The van der Waals surface area contributed by atoms with Crippen LogP contribution in [0.3, 0.4) is 0 Å². The molecule has 2 heterocycles. The molecule has 2 aliphatic rings. The van der Waals surface area contributed by atoms with Crippen LogP contribution in [0.5, 0.6) is 28.7 Å². The highest BCUT2D eigenvalue weighted by atomic mass is 16.6. The number of benzene rings is 3. The lowest BCUT2D eigenvalue weighted by molar-refractivity contribution is -0.385. The van der Waals surface area contributed by atoms with Gasteiger partial charge in [-0.25, -0.2) is 0 Å². The molecule has 0 bridgehead atoms. The number of methoxy groups -OCH3 is 1. The molecule has 10 heteroatoms. The summed E-state index contributed by atoms with van der Waals surface area (Å²) in [6.07, 6.45) is 6.32. The van der Waals surface area contributed by atoms with Crippen LogP contribution in [0.2, 0.25) is 0 Å². The van der Waals surface area contributed by atoms with E-state index in [1.54, 1.807) is 25.3 Å². The van der Waals surface area contributed by atoms with Gasteiger partial charge < -0.3 is 23.8 Å². The molecule has 0 radical (unpaired) electrons. The van der Waals surface area contributed by atoms with Crippen molar-refractivity contribution in [1.29, 1.82) is 0 Å². The molecule has 0 unspecified atom stereocenters. The second kappa shape index (κ2) is 13.1. The Balaban J connectivity index is 1.12. The first-order valence-electron chi connectivity index (χ1n) is 14.6. The highest BCUT2D eigenvalue weighted by Gasteiger charge is 2.32. The van der Waals surface area contributed by atoms with Crippen LogP contribution in [-0.2, 0) is 0 Å². The van der Waals surface area contributed by atoms with Gasteiger partial charge in [0, 0.05) is 37.0 Å². The Morgan fingerprint density at radius 1 is 0.930 bits per heavy atom. The number of fused-ring (bicyclic) bond motifs is 2. The second-order valence-corrected chi connectivity index (χ2v) is 10.9. The summed E-state index contributed by atoms with van der Waals surface area (Å²) < 4.78 is 23.3. The maximum atomic E-state index is 13.0. The van der Waals surface area contributed by atoms with Crippen molar-refractivity contribution < 1.29 is 28.7 Å². The van der Waals surface area contributed by atoms with Gasteiger partial charge in [0.25, 0.3) is 5.91 Å². The summed E-state index contributed by atoms with van der Waals surface area (Å²) in [7, 11) is 1.57. The van der Waals surface area contributed by atoms with E-state index in [4.69, 9.17) is 18.9 Å². The second-order valence-electron chi connectivity index (χ2n) is 10.9. The van der Waals surface area contributed by atoms with Crippen LogP contribution in [0.4, 0.5) is 11.4 Å². The molecular weight excluding hydrogens is 550 g/mol. The van der Waals surface area contributed by atoms with Gasteiger partial charge >= 0.3 is 5.69 Å². The Hall–Kier alpha value is -4.60. The van der Waals surface area contributed by atoms with Crippen molar-refractivity contribution in [3.05, 3.63) is 74.8 Å². The fraction of sp³-hybridized carbons (Fsp3) is 0.394. The van der Waals surface area contributed by atoms with Gasteiger partial charge in [-0.15, -0.1) is 0 Å². The van der Waals surface area contributed by atoms with Crippen LogP contribution in [0, 0.1) is 30.9 Å². The molecule has 226 valence electrons. The van der Waals surface area contributed by atoms with E-state index in [0.717, 1.165) is 61.1 Å². The number of ether oxygens (including phenoxy) is 4. The maximum Gasteiger partial charge on any atom is 0.311 e. The first-order valence-corrected chi connectivity index (χ1v) is 14.6. The minimum atomic E-state index is -0.476. The van der Waals surface area contributed by atoms with E-state index in [0.29, 0.717) is 41.7 Å². The van der Waals surface area contributed by atoms with Crippen LogP contribution < -0.4 is 18.9 Å². The number of carbonyl (C=O) groups excluding carboxylic acids is 1. The quantitative estimate of drug-likeness (QED) is 0.124. The monoisotopic (exact) mass is 587 g/mol. The van der Waals surface area contributed by atoms with E-state index in [1.165, 1.54) is 6.07 Å². The number of unbranched alkanes of at least 4 members (excludes halogenated alkanes) is 2. The molecule has 0 saturated carbocycles. The highest BCUT2D eigenvalue weighted by molar-refractivity contribution is 6.03. The lowest BCUT2D eigenvalue weighted by Gasteiger charge is -2.20. The maximum absolute atomic E-state index is 13.0. The van der Waals surface area contributed by atoms with Crippen molar-refractivity contribution in [2.45, 2.75) is 58.9 Å². The molecule has 0 N–H and O–H groups in total. The van der Waals surface area contributed by atoms with Crippen LogP contribution in [0.25, 0.3) is 0 Å². The highest BCUT2D eigenvalue weighted by Crippen LogP contribution is 2.38. The zero-order valence-electron chi connectivity index (χ0n) is 25.1. The van der Waals surface area contributed by atoms with Gasteiger partial charge in [-0.2, -0.15) is 0 Å². The Morgan fingerprint density at radius 2 is 1.70 bits per heavy atom. The molecular formula is C33H37N3O7. The third-order valence-electron chi connectivity index (χ3n) is 7.95. The molecule has 0 spiro atoms. The van der Waals surface area contributed by atoms with Gasteiger partial charge in [0.2, 0.25) is 5.75 Å². The molecule has 3 aromatic rings. The number of nitro benzene ring substituents is 1. The molecule has 10 nitrogen and oxygen atoms in total. The van der Waals surface area contributed by atoms with Crippen molar-refractivity contribution in [2.75, 3.05) is 26.9 Å². The Kier molecular flexibility index (Phi) is 9.13. The van der Waals surface area contributed by atoms with Crippen LogP contribution in [-0.4, -0.2) is 54.9 Å². The zero-order chi connectivity index (χ0) is 30.5. The van der Waals surface area contributed by atoms with Crippen LogP contribution >= 0.6 is 0 Å². The summed E-state index contributed by atoms with van der Waals surface area (Å²) in [5.74, 6) is 2.47. The van der Waals surface area contributed by atoms with Crippen LogP contribution in [0.1, 0.15) is 59.2 Å². The van der Waals surface area contributed by atoms with Gasteiger partial charge in [-0.05, 0) is 87.8 Å². The van der Waals surface area contributed by atoms with E-state index < -0.39 is 4.92 Å². The van der Waals surface area contributed by atoms with Crippen molar-refractivity contribution in [2.24, 2.45) is 4.99 Å². The summed E-state index contributed by atoms with van der Waals surface area (Å²) in [5, 5.41) is 11.6. The molecule has 1 amide bonds. The van der Waals surface area contributed by atoms with Crippen molar-refractivity contribution in [3.8, 4) is 28.7 Å². The van der Waals surface area contributed by atoms with E-state index >= 15 is 0 Å². The normalized spacial score (nSPS) is 15.5. The largest absolute Gasteiger partial charge is 0.496 e. The Labute approximate surface area is 251 Å². The van der Waals surface area contributed by atoms with Gasteiger partial charge in [0.1, 0.15) is 23.0 Å². The number of rotatable bonds is 12. The van der Waals surface area contributed by atoms with Crippen LogP contribution in [0.15, 0.2) is 47.5 Å². The molecule has 1 atom stereocenters. The molecule has 0 aliphatic carbocycles. The number of amides is 1. The number of nitrogens with zero attached hydrogens (tertiary/aromatic N) is 3. The van der Waals surface area contributed by atoms with Gasteiger partial charge in [0.15, 0.2) is 0 Å². The van der Waals surface area contributed by atoms with Gasteiger partial charge in [0.05, 0.1) is 42.5 Å². The van der Waals surface area contributed by atoms with Crippen molar-refractivity contribution in [1.82, 2.24) is 4.90 Å². The predicted octanol–water partition coefficient (Wildman–Crippen LogP) is 7.27. The zero-order valence-corrected chi connectivity index (χ0v) is 25.1. The number of carbonyl (C=O) groups is 1. The molecule has 1 saturated heterocycles. The van der Waals surface area contributed by atoms with Gasteiger partial charge in [-0.3, -0.25) is 19.9 Å². The fourth-order valence-corrected chi connectivity index (χ4v) is 5.39. The van der Waals surface area contributed by atoms with Crippen molar-refractivity contribution >= 4 is 23.5 Å². The van der Waals surface area contributed by atoms with E-state index in [9.17, 15) is 14.9 Å². The predicted molar refractivity (Wildman–Crippen MR) is 164 cm³/mol. The van der Waals surface area contributed by atoms with E-state index in [1.807, 2.05) is 50.1 Å². The minimum Gasteiger partial charge on any atom is -0.496 e. The first-order chi connectivity index (χ1) is 20.7. The number of aryl methyl sites for hydroxylation is 2.